The molecule has 0 amide bonds. The van der Waals surface area contributed by atoms with Crippen LogP contribution < -0.4 is 0 Å². The van der Waals surface area contributed by atoms with Gasteiger partial charge in [-0.3, -0.25) is 0 Å². The Kier molecular flexibility index (Phi) is 4.73. The van der Waals surface area contributed by atoms with E-state index in [4.69, 9.17) is 9.47 Å². The molecular formula is C18H19BrO2. The summed E-state index contributed by atoms with van der Waals surface area (Å²) in [5.41, 5.74) is 3.90. The lowest BCUT2D eigenvalue weighted by molar-refractivity contribution is -0.172. The summed E-state index contributed by atoms with van der Waals surface area (Å²) in [5, 5.41) is 0. The van der Waals surface area contributed by atoms with Crippen LogP contribution in [0, 0.1) is 12.8 Å². The molecular weight excluding hydrogens is 328 g/mol. The maximum Gasteiger partial charge on any atom is 0.147 e. The third-order valence-corrected chi connectivity index (χ3v) is 4.77. The summed E-state index contributed by atoms with van der Waals surface area (Å²) >= 11 is 3.64. The van der Waals surface area contributed by atoms with Gasteiger partial charge in [0.05, 0.1) is 12.7 Å². The molecule has 1 fully saturated rings. The summed E-state index contributed by atoms with van der Waals surface area (Å²) in [4.78, 5) is 0. The lowest BCUT2D eigenvalue weighted by Crippen LogP contribution is -2.30. The van der Waals surface area contributed by atoms with E-state index in [0.717, 1.165) is 17.5 Å². The van der Waals surface area contributed by atoms with Crippen molar-refractivity contribution in [2.75, 3.05) is 13.4 Å². The maximum absolute atomic E-state index is 5.92. The van der Waals surface area contributed by atoms with Crippen LogP contribution in [0.5, 0.6) is 0 Å². The van der Waals surface area contributed by atoms with Gasteiger partial charge >= 0.3 is 0 Å². The molecule has 0 aliphatic carbocycles. The minimum atomic E-state index is 0.0777. The number of benzene rings is 2. The molecule has 1 saturated heterocycles. The summed E-state index contributed by atoms with van der Waals surface area (Å²) in [5.74, 6) is 0.332. The fourth-order valence-electron chi connectivity index (χ4n) is 2.88. The zero-order chi connectivity index (χ0) is 14.7. The Morgan fingerprint density at radius 2 is 1.86 bits per heavy atom. The molecule has 0 spiro atoms. The molecule has 0 N–H and O–H groups in total. The van der Waals surface area contributed by atoms with E-state index in [-0.39, 0.29) is 6.10 Å². The quantitative estimate of drug-likeness (QED) is 0.804. The van der Waals surface area contributed by atoms with Crippen molar-refractivity contribution in [3.63, 3.8) is 0 Å². The molecule has 0 bridgehead atoms. The molecule has 0 saturated carbocycles. The molecule has 2 nitrogen and oxygen atoms in total. The molecule has 110 valence electrons. The average Bonchev–Trinajstić information content (AvgIpc) is 2.51. The van der Waals surface area contributed by atoms with E-state index in [1.54, 1.807) is 0 Å². The standard InChI is InChI=1S/C18H19BrO2/c1-13-6-2-3-7-14(13)10-15-11-20-12-21-18(15)16-8-4-5-9-17(16)19/h2-9,15,18H,10-12H2,1H3/t15-,18-/m1/s1. The molecule has 2 aromatic carbocycles. The minimum Gasteiger partial charge on any atom is -0.355 e. The number of hydrogen-bond acceptors (Lipinski definition) is 2. The highest BCUT2D eigenvalue weighted by atomic mass is 79.9. The highest BCUT2D eigenvalue weighted by Crippen LogP contribution is 2.36. The lowest BCUT2D eigenvalue weighted by atomic mass is 9.88. The van der Waals surface area contributed by atoms with E-state index in [1.165, 1.54) is 16.7 Å². The van der Waals surface area contributed by atoms with Crippen LogP contribution in [-0.4, -0.2) is 13.4 Å². The van der Waals surface area contributed by atoms with Gasteiger partial charge in [-0.2, -0.15) is 0 Å². The van der Waals surface area contributed by atoms with Crippen LogP contribution in [0.1, 0.15) is 22.8 Å². The number of hydrogen-bond donors (Lipinski definition) is 0. The Balaban J connectivity index is 1.85. The Bertz CT molecular complexity index is 612. The molecule has 3 heteroatoms. The summed E-state index contributed by atoms with van der Waals surface area (Å²) in [6.07, 6.45) is 1.05. The molecule has 0 aromatic heterocycles. The van der Waals surface area contributed by atoms with Gasteiger partial charge in [-0.05, 0) is 36.1 Å². The van der Waals surface area contributed by atoms with Crippen LogP contribution in [0.4, 0.5) is 0 Å². The van der Waals surface area contributed by atoms with Crippen molar-refractivity contribution in [2.24, 2.45) is 5.92 Å². The molecule has 2 aromatic rings. The first-order chi connectivity index (χ1) is 10.3. The highest BCUT2D eigenvalue weighted by molar-refractivity contribution is 9.10. The third kappa shape index (κ3) is 3.37. The Morgan fingerprint density at radius 3 is 2.67 bits per heavy atom. The summed E-state index contributed by atoms with van der Waals surface area (Å²) in [7, 11) is 0. The summed E-state index contributed by atoms with van der Waals surface area (Å²) in [6.45, 7) is 3.27. The number of halogens is 1. The van der Waals surface area contributed by atoms with Crippen molar-refractivity contribution in [3.05, 3.63) is 69.7 Å². The fraction of sp³-hybridized carbons (Fsp3) is 0.333. The molecule has 2 atom stereocenters. The number of rotatable bonds is 3. The largest absolute Gasteiger partial charge is 0.355 e. The SMILES string of the molecule is Cc1ccccc1C[C@@H]1COCO[C@H]1c1ccccc1Br. The van der Waals surface area contributed by atoms with Gasteiger partial charge < -0.3 is 9.47 Å². The zero-order valence-corrected chi connectivity index (χ0v) is 13.7. The van der Waals surface area contributed by atoms with Gasteiger partial charge in [0.25, 0.3) is 0 Å². The molecule has 1 aliphatic heterocycles. The van der Waals surface area contributed by atoms with Crippen molar-refractivity contribution in [1.82, 2.24) is 0 Å². The monoisotopic (exact) mass is 346 g/mol. The second kappa shape index (κ2) is 6.73. The van der Waals surface area contributed by atoms with E-state index in [1.807, 2.05) is 6.07 Å². The van der Waals surface area contributed by atoms with Gasteiger partial charge in [0, 0.05) is 10.4 Å². The van der Waals surface area contributed by atoms with Gasteiger partial charge in [-0.1, -0.05) is 58.4 Å². The van der Waals surface area contributed by atoms with Gasteiger partial charge in [-0.25, -0.2) is 0 Å². The van der Waals surface area contributed by atoms with Crippen LogP contribution in [0.3, 0.4) is 0 Å². The minimum absolute atomic E-state index is 0.0777. The van der Waals surface area contributed by atoms with Crippen molar-refractivity contribution in [3.8, 4) is 0 Å². The van der Waals surface area contributed by atoms with Crippen molar-refractivity contribution in [2.45, 2.75) is 19.4 Å². The van der Waals surface area contributed by atoms with Gasteiger partial charge in [-0.15, -0.1) is 0 Å². The predicted octanol–water partition coefficient (Wildman–Crippen LogP) is 4.66. The first kappa shape index (κ1) is 14.8. The second-order valence-corrected chi connectivity index (χ2v) is 6.34. The maximum atomic E-state index is 5.92. The Labute approximate surface area is 134 Å². The molecule has 0 unspecified atom stereocenters. The third-order valence-electron chi connectivity index (χ3n) is 4.05. The number of ether oxygens (including phenoxy) is 2. The van der Waals surface area contributed by atoms with Crippen LogP contribution in [-0.2, 0) is 15.9 Å². The fourth-order valence-corrected chi connectivity index (χ4v) is 3.39. The van der Waals surface area contributed by atoms with Crippen LogP contribution in [0.15, 0.2) is 53.0 Å². The van der Waals surface area contributed by atoms with Gasteiger partial charge in [0.15, 0.2) is 0 Å². The normalized spacial score (nSPS) is 22.2. The van der Waals surface area contributed by atoms with Crippen LogP contribution >= 0.6 is 15.9 Å². The first-order valence-electron chi connectivity index (χ1n) is 7.24. The van der Waals surface area contributed by atoms with E-state index >= 15 is 0 Å². The number of aryl methyl sites for hydroxylation is 1. The summed E-state index contributed by atoms with van der Waals surface area (Å²) < 4.78 is 12.6. The second-order valence-electron chi connectivity index (χ2n) is 5.49. The lowest BCUT2D eigenvalue weighted by Gasteiger charge is -2.33. The van der Waals surface area contributed by atoms with Crippen LogP contribution in [0.2, 0.25) is 0 Å². The summed E-state index contributed by atoms with van der Waals surface area (Å²) in [6, 6.07) is 16.8. The predicted molar refractivity (Wildman–Crippen MR) is 87.2 cm³/mol. The van der Waals surface area contributed by atoms with Crippen molar-refractivity contribution in [1.29, 1.82) is 0 Å². The van der Waals surface area contributed by atoms with E-state index in [2.05, 4.69) is 65.3 Å². The average molecular weight is 347 g/mol. The smallest absolute Gasteiger partial charge is 0.147 e. The van der Waals surface area contributed by atoms with E-state index < -0.39 is 0 Å². The van der Waals surface area contributed by atoms with Gasteiger partial charge in [0.1, 0.15) is 6.79 Å². The Morgan fingerprint density at radius 1 is 1.10 bits per heavy atom. The molecule has 0 radical (unpaired) electrons. The molecule has 1 heterocycles. The van der Waals surface area contributed by atoms with E-state index in [0.29, 0.717) is 12.7 Å². The first-order valence-corrected chi connectivity index (χ1v) is 8.03. The molecule has 1 aliphatic rings. The zero-order valence-electron chi connectivity index (χ0n) is 12.1. The van der Waals surface area contributed by atoms with Crippen LogP contribution in [0.25, 0.3) is 0 Å². The molecule has 21 heavy (non-hydrogen) atoms. The highest BCUT2D eigenvalue weighted by Gasteiger charge is 2.29. The van der Waals surface area contributed by atoms with Crippen molar-refractivity contribution >= 4 is 15.9 Å². The van der Waals surface area contributed by atoms with Gasteiger partial charge in [0.2, 0.25) is 0 Å². The van der Waals surface area contributed by atoms with E-state index in [9.17, 15) is 0 Å². The van der Waals surface area contributed by atoms with Crippen molar-refractivity contribution < 1.29 is 9.47 Å². The molecule has 3 rings (SSSR count). The Hall–Kier alpha value is -1.16. The topological polar surface area (TPSA) is 18.5 Å².